The van der Waals surface area contributed by atoms with E-state index in [0.29, 0.717) is 31.5 Å². The minimum Gasteiger partial charge on any atom is -0.444 e. The van der Waals surface area contributed by atoms with Gasteiger partial charge in [-0.3, -0.25) is 4.99 Å². The van der Waals surface area contributed by atoms with Crippen LogP contribution in [0.3, 0.4) is 0 Å². The Morgan fingerprint density at radius 2 is 1.89 bits per heavy atom. The number of halogens is 1. The summed E-state index contributed by atoms with van der Waals surface area (Å²) in [6.07, 6.45) is 2.56. The molecular weight excluding hydrogens is 467 g/mol. The smallest absolute Gasteiger partial charge is 0.410 e. The van der Waals surface area contributed by atoms with Gasteiger partial charge in [0.2, 0.25) is 0 Å². The summed E-state index contributed by atoms with van der Waals surface area (Å²) in [5.41, 5.74) is 9.23. The molecule has 1 aliphatic rings. The lowest BCUT2D eigenvalue weighted by molar-refractivity contribution is 0.0289. The molecule has 1 unspecified atom stereocenters. The second-order valence-corrected chi connectivity index (χ2v) is 8.09. The molecule has 0 spiro atoms. The van der Waals surface area contributed by atoms with E-state index in [1.165, 1.54) is 11.1 Å². The molecule has 1 amide bonds. The number of amides is 1. The molecular formula is C21H35IN4O2. The number of ether oxygens (including phenoxy) is 1. The number of benzene rings is 1. The number of anilines is 1. The number of hydrogen-bond donors (Lipinski definition) is 2. The Bertz CT molecular complexity index is 663. The standard InChI is InChI=1S/C21H34N4O2.HI/c1-6-16-9-8-10-17(7-2)18(16)24-19(22)23-13-15-11-12-25(14-15)20(26)27-21(3,4)5;/h8-10,15H,6-7,11-14H2,1-5H3,(H3,22,23,24);1H. The Kier molecular flexibility index (Phi) is 9.53. The average molecular weight is 502 g/mol. The maximum Gasteiger partial charge on any atom is 0.410 e. The first-order valence-electron chi connectivity index (χ1n) is 9.89. The molecule has 1 saturated heterocycles. The highest BCUT2D eigenvalue weighted by Gasteiger charge is 2.29. The van der Waals surface area contributed by atoms with Crippen molar-refractivity contribution in [3.63, 3.8) is 0 Å². The third-order valence-electron chi connectivity index (χ3n) is 4.71. The van der Waals surface area contributed by atoms with Gasteiger partial charge in [0.05, 0.1) is 0 Å². The molecule has 1 aromatic rings. The number of aliphatic imine (C=N–C) groups is 1. The fourth-order valence-corrected chi connectivity index (χ4v) is 3.27. The predicted molar refractivity (Wildman–Crippen MR) is 127 cm³/mol. The highest BCUT2D eigenvalue weighted by atomic mass is 127. The maximum atomic E-state index is 12.2. The quantitative estimate of drug-likeness (QED) is 0.355. The Balaban J connectivity index is 0.00000392. The first-order chi connectivity index (χ1) is 12.7. The summed E-state index contributed by atoms with van der Waals surface area (Å²) in [7, 11) is 0. The van der Waals surface area contributed by atoms with Gasteiger partial charge in [-0.05, 0) is 57.1 Å². The normalized spacial score (nSPS) is 17.2. The van der Waals surface area contributed by atoms with E-state index >= 15 is 0 Å². The van der Waals surface area contributed by atoms with Gasteiger partial charge >= 0.3 is 6.09 Å². The third-order valence-corrected chi connectivity index (χ3v) is 4.71. The van der Waals surface area contributed by atoms with Crippen molar-refractivity contribution in [1.82, 2.24) is 4.90 Å². The number of nitrogens with two attached hydrogens (primary N) is 1. The van der Waals surface area contributed by atoms with Crippen LogP contribution in [0.5, 0.6) is 0 Å². The number of guanidine groups is 1. The lowest BCUT2D eigenvalue weighted by Crippen LogP contribution is -2.35. The fourth-order valence-electron chi connectivity index (χ4n) is 3.27. The van der Waals surface area contributed by atoms with Crippen molar-refractivity contribution in [2.45, 2.75) is 59.5 Å². The number of carbonyl (C=O) groups is 1. The highest BCUT2D eigenvalue weighted by Crippen LogP contribution is 2.23. The molecule has 3 N–H and O–H groups in total. The first-order valence-corrected chi connectivity index (χ1v) is 9.89. The molecule has 1 fully saturated rings. The monoisotopic (exact) mass is 502 g/mol. The van der Waals surface area contributed by atoms with E-state index in [1.807, 2.05) is 20.8 Å². The maximum absolute atomic E-state index is 12.2. The Morgan fingerprint density at radius 3 is 2.43 bits per heavy atom. The molecule has 1 aromatic carbocycles. The number of carbonyl (C=O) groups excluding carboxylic acids is 1. The fraction of sp³-hybridized carbons (Fsp3) is 0.619. The van der Waals surface area contributed by atoms with Crippen LogP contribution in [0.2, 0.25) is 0 Å². The lowest BCUT2D eigenvalue weighted by atomic mass is 10.0. The van der Waals surface area contributed by atoms with Gasteiger partial charge in [0.15, 0.2) is 5.96 Å². The third kappa shape index (κ3) is 7.14. The molecule has 1 heterocycles. The molecule has 7 heteroatoms. The summed E-state index contributed by atoms with van der Waals surface area (Å²) in [6, 6.07) is 6.31. The zero-order chi connectivity index (χ0) is 20.0. The summed E-state index contributed by atoms with van der Waals surface area (Å²) in [4.78, 5) is 18.4. The number of likely N-dealkylation sites (tertiary alicyclic amines) is 1. The van der Waals surface area contributed by atoms with E-state index in [9.17, 15) is 4.79 Å². The predicted octanol–water partition coefficient (Wildman–Crippen LogP) is 4.41. The van der Waals surface area contributed by atoms with E-state index < -0.39 is 5.60 Å². The number of aryl methyl sites for hydroxylation is 2. The number of hydrogen-bond acceptors (Lipinski definition) is 3. The average Bonchev–Trinajstić information content (AvgIpc) is 3.08. The molecule has 0 saturated carbocycles. The summed E-state index contributed by atoms with van der Waals surface area (Å²) in [5.74, 6) is 0.742. The Hall–Kier alpha value is -1.51. The molecule has 0 aliphatic carbocycles. The molecule has 1 aliphatic heterocycles. The number of para-hydroxylation sites is 1. The van der Waals surface area contributed by atoms with E-state index in [2.05, 4.69) is 42.4 Å². The van der Waals surface area contributed by atoms with Crippen molar-refractivity contribution in [2.75, 3.05) is 25.0 Å². The Morgan fingerprint density at radius 1 is 1.29 bits per heavy atom. The molecule has 0 bridgehead atoms. The van der Waals surface area contributed by atoms with Crippen LogP contribution >= 0.6 is 24.0 Å². The van der Waals surface area contributed by atoms with Crippen LogP contribution in [0, 0.1) is 5.92 Å². The molecule has 0 radical (unpaired) electrons. The van der Waals surface area contributed by atoms with Crippen molar-refractivity contribution < 1.29 is 9.53 Å². The van der Waals surface area contributed by atoms with Gasteiger partial charge in [-0.2, -0.15) is 0 Å². The lowest BCUT2D eigenvalue weighted by Gasteiger charge is -2.24. The van der Waals surface area contributed by atoms with Gasteiger partial charge in [-0.25, -0.2) is 4.79 Å². The largest absolute Gasteiger partial charge is 0.444 e. The van der Waals surface area contributed by atoms with Crippen LogP contribution in [0.15, 0.2) is 23.2 Å². The van der Waals surface area contributed by atoms with E-state index in [4.69, 9.17) is 10.5 Å². The highest BCUT2D eigenvalue weighted by molar-refractivity contribution is 14.0. The Labute approximate surface area is 186 Å². The molecule has 1 atom stereocenters. The minimum absolute atomic E-state index is 0. The second kappa shape index (κ2) is 10.9. The van der Waals surface area contributed by atoms with E-state index in [-0.39, 0.29) is 30.1 Å². The van der Waals surface area contributed by atoms with Gasteiger partial charge in [0, 0.05) is 25.3 Å². The van der Waals surface area contributed by atoms with Gasteiger partial charge in [0.25, 0.3) is 0 Å². The molecule has 28 heavy (non-hydrogen) atoms. The second-order valence-electron chi connectivity index (χ2n) is 8.09. The number of nitrogens with one attached hydrogen (secondary N) is 1. The van der Waals surface area contributed by atoms with Crippen LogP contribution < -0.4 is 11.1 Å². The van der Waals surface area contributed by atoms with E-state index in [0.717, 1.165) is 24.9 Å². The van der Waals surface area contributed by atoms with Crippen molar-refractivity contribution in [2.24, 2.45) is 16.6 Å². The van der Waals surface area contributed by atoms with Crippen LogP contribution in [0.1, 0.15) is 52.2 Å². The van der Waals surface area contributed by atoms with Crippen molar-refractivity contribution >= 4 is 41.7 Å². The first kappa shape index (κ1) is 24.5. The molecule has 158 valence electrons. The number of rotatable bonds is 5. The van der Waals surface area contributed by atoms with Crippen LogP contribution in [-0.2, 0) is 17.6 Å². The molecule has 2 rings (SSSR count). The summed E-state index contributed by atoms with van der Waals surface area (Å²) in [6.45, 7) is 11.9. The minimum atomic E-state index is -0.467. The topological polar surface area (TPSA) is 80.0 Å². The molecule has 6 nitrogen and oxygen atoms in total. The van der Waals surface area contributed by atoms with Crippen molar-refractivity contribution in [3.8, 4) is 0 Å². The van der Waals surface area contributed by atoms with E-state index in [1.54, 1.807) is 4.90 Å². The number of nitrogens with zero attached hydrogens (tertiary/aromatic N) is 2. The molecule has 0 aromatic heterocycles. The SMILES string of the molecule is CCc1cccc(CC)c1NC(N)=NCC1CCN(C(=O)OC(C)(C)C)C1.I. The van der Waals surface area contributed by atoms with Crippen molar-refractivity contribution in [1.29, 1.82) is 0 Å². The van der Waals surface area contributed by atoms with Gasteiger partial charge in [0.1, 0.15) is 5.60 Å². The van der Waals surface area contributed by atoms with Gasteiger partial charge in [-0.15, -0.1) is 24.0 Å². The summed E-state index contributed by atoms with van der Waals surface area (Å²) >= 11 is 0. The zero-order valence-corrected chi connectivity index (χ0v) is 20.1. The van der Waals surface area contributed by atoms with Crippen LogP contribution in [0.4, 0.5) is 10.5 Å². The van der Waals surface area contributed by atoms with Gasteiger partial charge in [-0.1, -0.05) is 32.0 Å². The van der Waals surface area contributed by atoms with Gasteiger partial charge < -0.3 is 20.7 Å². The van der Waals surface area contributed by atoms with Crippen LogP contribution in [-0.4, -0.2) is 42.2 Å². The zero-order valence-electron chi connectivity index (χ0n) is 17.7. The van der Waals surface area contributed by atoms with Crippen molar-refractivity contribution in [3.05, 3.63) is 29.3 Å². The summed E-state index contributed by atoms with van der Waals surface area (Å²) < 4.78 is 5.44. The summed E-state index contributed by atoms with van der Waals surface area (Å²) in [5, 5.41) is 3.29. The van der Waals surface area contributed by atoms with Crippen LogP contribution in [0.25, 0.3) is 0 Å².